The predicted octanol–water partition coefficient (Wildman–Crippen LogP) is -0.414. The van der Waals surface area contributed by atoms with Gasteiger partial charge in [-0.1, -0.05) is 0 Å². The van der Waals surface area contributed by atoms with Crippen molar-refractivity contribution in [2.24, 2.45) is 5.73 Å². The summed E-state index contributed by atoms with van der Waals surface area (Å²) in [5.74, 6) is -0.276. The number of aryl methyl sites for hydroxylation is 1. The van der Waals surface area contributed by atoms with Crippen molar-refractivity contribution >= 4 is 17.6 Å². The van der Waals surface area contributed by atoms with E-state index in [1.54, 1.807) is 12.4 Å². The van der Waals surface area contributed by atoms with Crippen molar-refractivity contribution in [3.63, 3.8) is 0 Å². The first-order chi connectivity index (χ1) is 8.59. The lowest BCUT2D eigenvalue weighted by molar-refractivity contribution is -0.120. The number of carbonyl (C=O) groups is 2. The zero-order chi connectivity index (χ0) is 13.4. The molecule has 5 N–H and O–H groups in total. The van der Waals surface area contributed by atoms with Crippen LogP contribution in [0.4, 0.5) is 10.5 Å². The van der Waals surface area contributed by atoms with E-state index >= 15 is 0 Å². The molecule has 1 aromatic rings. The van der Waals surface area contributed by atoms with Crippen LogP contribution in [0.25, 0.3) is 0 Å². The Morgan fingerprint density at radius 3 is 2.78 bits per heavy atom. The van der Waals surface area contributed by atoms with Gasteiger partial charge in [0.1, 0.15) is 0 Å². The van der Waals surface area contributed by atoms with E-state index < -0.39 is 6.03 Å². The van der Waals surface area contributed by atoms with Crippen LogP contribution in [0.1, 0.15) is 5.56 Å². The minimum absolute atomic E-state index is 0.108. The minimum Gasteiger partial charge on any atom is -0.383 e. The molecule has 1 heterocycles. The number of nitrogens with one attached hydrogen (secondary N) is 3. The highest BCUT2D eigenvalue weighted by molar-refractivity contribution is 5.83. The third kappa shape index (κ3) is 5.15. The van der Waals surface area contributed by atoms with Crippen molar-refractivity contribution in [2.75, 3.05) is 25.0 Å². The Morgan fingerprint density at radius 1 is 1.33 bits per heavy atom. The highest BCUT2D eigenvalue weighted by Gasteiger charge is 2.01. The zero-order valence-electron chi connectivity index (χ0n) is 10.2. The first kappa shape index (κ1) is 13.8. The van der Waals surface area contributed by atoms with E-state index in [9.17, 15) is 9.59 Å². The van der Waals surface area contributed by atoms with Gasteiger partial charge in [-0.05, 0) is 18.6 Å². The number of hydrogen-bond donors (Lipinski definition) is 4. The maximum Gasteiger partial charge on any atom is 0.312 e. The Kier molecular flexibility index (Phi) is 5.43. The van der Waals surface area contributed by atoms with Crippen LogP contribution in [0.5, 0.6) is 0 Å². The lowest BCUT2D eigenvalue weighted by Crippen LogP contribution is -2.40. The van der Waals surface area contributed by atoms with Gasteiger partial charge in [0.2, 0.25) is 5.91 Å². The van der Waals surface area contributed by atoms with Crippen molar-refractivity contribution in [3.05, 3.63) is 24.0 Å². The molecular formula is C11H17N5O2. The lowest BCUT2D eigenvalue weighted by Gasteiger charge is -2.09. The van der Waals surface area contributed by atoms with Gasteiger partial charge in [-0.25, -0.2) is 4.79 Å². The average molecular weight is 251 g/mol. The van der Waals surface area contributed by atoms with Gasteiger partial charge in [0.15, 0.2) is 0 Å². The Bertz CT molecular complexity index is 422. The van der Waals surface area contributed by atoms with Gasteiger partial charge in [0, 0.05) is 31.2 Å². The van der Waals surface area contributed by atoms with E-state index in [-0.39, 0.29) is 12.5 Å². The first-order valence-corrected chi connectivity index (χ1v) is 5.54. The summed E-state index contributed by atoms with van der Waals surface area (Å²) in [4.78, 5) is 25.6. The molecule has 1 rings (SSSR count). The fourth-order valence-electron chi connectivity index (χ4n) is 1.30. The molecule has 0 saturated heterocycles. The number of anilines is 1. The van der Waals surface area contributed by atoms with E-state index in [0.29, 0.717) is 13.1 Å². The number of pyridine rings is 1. The first-order valence-electron chi connectivity index (χ1n) is 5.54. The summed E-state index contributed by atoms with van der Waals surface area (Å²) in [5.41, 5.74) is 6.86. The summed E-state index contributed by atoms with van der Waals surface area (Å²) in [7, 11) is 0. The van der Waals surface area contributed by atoms with E-state index in [0.717, 1.165) is 11.3 Å². The van der Waals surface area contributed by atoms with E-state index in [1.807, 2.05) is 13.0 Å². The van der Waals surface area contributed by atoms with Gasteiger partial charge < -0.3 is 21.7 Å². The number of rotatable bonds is 6. The Labute approximate surface area is 105 Å². The second-order valence-electron chi connectivity index (χ2n) is 3.69. The number of carbonyl (C=O) groups excluding carboxylic acids is 2. The second-order valence-corrected chi connectivity index (χ2v) is 3.69. The molecule has 18 heavy (non-hydrogen) atoms. The maximum absolute atomic E-state index is 11.2. The monoisotopic (exact) mass is 251 g/mol. The van der Waals surface area contributed by atoms with Crippen molar-refractivity contribution < 1.29 is 9.59 Å². The van der Waals surface area contributed by atoms with Gasteiger partial charge in [-0.2, -0.15) is 0 Å². The molecule has 0 unspecified atom stereocenters. The van der Waals surface area contributed by atoms with Crippen LogP contribution in [0.15, 0.2) is 18.5 Å². The molecule has 0 radical (unpaired) electrons. The molecule has 1 aromatic heterocycles. The smallest absolute Gasteiger partial charge is 0.312 e. The molecular weight excluding hydrogens is 234 g/mol. The number of urea groups is 1. The van der Waals surface area contributed by atoms with Crippen LogP contribution < -0.4 is 21.7 Å². The molecule has 0 aromatic carbocycles. The Balaban J connectivity index is 2.17. The fourth-order valence-corrected chi connectivity index (χ4v) is 1.30. The molecule has 0 aliphatic rings. The number of nitrogens with two attached hydrogens (primary N) is 1. The molecule has 0 saturated carbocycles. The van der Waals surface area contributed by atoms with Crippen molar-refractivity contribution in [3.8, 4) is 0 Å². The molecule has 0 aliphatic carbocycles. The summed E-state index contributed by atoms with van der Waals surface area (Å²) < 4.78 is 0. The summed E-state index contributed by atoms with van der Waals surface area (Å²) in [6.45, 7) is 2.89. The van der Waals surface area contributed by atoms with E-state index in [4.69, 9.17) is 5.73 Å². The lowest BCUT2D eigenvalue weighted by atomic mass is 10.2. The number of primary amides is 1. The summed E-state index contributed by atoms with van der Waals surface area (Å²) in [5, 5.41) is 8.02. The molecule has 0 aliphatic heterocycles. The Hall–Kier alpha value is -2.31. The SMILES string of the molecule is Cc1cnccc1NCCNC(=O)CNC(N)=O. The summed E-state index contributed by atoms with van der Waals surface area (Å²) in [6, 6.07) is 1.15. The van der Waals surface area contributed by atoms with E-state index in [1.165, 1.54) is 0 Å². The largest absolute Gasteiger partial charge is 0.383 e. The van der Waals surface area contributed by atoms with Crippen molar-refractivity contribution in [1.82, 2.24) is 15.6 Å². The summed E-state index contributed by atoms with van der Waals surface area (Å²) in [6.07, 6.45) is 3.46. The fraction of sp³-hybridized carbons (Fsp3) is 0.364. The van der Waals surface area contributed by atoms with Crippen LogP contribution in [-0.2, 0) is 4.79 Å². The molecule has 0 bridgehead atoms. The van der Waals surface area contributed by atoms with Crippen LogP contribution >= 0.6 is 0 Å². The van der Waals surface area contributed by atoms with Gasteiger partial charge in [0.05, 0.1) is 6.54 Å². The third-order valence-electron chi connectivity index (χ3n) is 2.21. The topological polar surface area (TPSA) is 109 Å². The molecule has 3 amide bonds. The van der Waals surface area contributed by atoms with Crippen LogP contribution in [-0.4, -0.2) is 36.6 Å². The third-order valence-corrected chi connectivity index (χ3v) is 2.21. The summed E-state index contributed by atoms with van der Waals surface area (Å²) >= 11 is 0. The van der Waals surface area contributed by atoms with Crippen LogP contribution in [0, 0.1) is 6.92 Å². The number of hydrogen-bond acceptors (Lipinski definition) is 4. The minimum atomic E-state index is -0.712. The molecule has 7 heteroatoms. The van der Waals surface area contributed by atoms with Gasteiger partial charge in [-0.3, -0.25) is 9.78 Å². The van der Waals surface area contributed by atoms with Gasteiger partial charge >= 0.3 is 6.03 Å². The predicted molar refractivity (Wildman–Crippen MR) is 68.1 cm³/mol. The highest BCUT2D eigenvalue weighted by atomic mass is 16.2. The van der Waals surface area contributed by atoms with E-state index in [2.05, 4.69) is 20.9 Å². The quantitative estimate of drug-likeness (QED) is 0.515. The van der Waals surface area contributed by atoms with Crippen molar-refractivity contribution in [2.45, 2.75) is 6.92 Å². The second kappa shape index (κ2) is 7.10. The molecule has 0 fully saturated rings. The molecule has 7 nitrogen and oxygen atoms in total. The normalized spacial score (nSPS) is 9.61. The number of aromatic nitrogens is 1. The number of amides is 3. The van der Waals surface area contributed by atoms with Crippen LogP contribution in [0.3, 0.4) is 0 Å². The van der Waals surface area contributed by atoms with Crippen LogP contribution in [0.2, 0.25) is 0 Å². The molecule has 0 spiro atoms. The highest BCUT2D eigenvalue weighted by Crippen LogP contribution is 2.10. The molecule has 0 atom stereocenters. The van der Waals surface area contributed by atoms with Gasteiger partial charge in [0.25, 0.3) is 0 Å². The van der Waals surface area contributed by atoms with Gasteiger partial charge in [-0.15, -0.1) is 0 Å². The van der Waals surface area contributed by atoms with Crippen molar-refractivity contribution in [1.29, 1.82) is 0 Å². The maximum atomic E-state index is 11.2. The molecule has 98 valence electrons. The average Bonchev–Trinajstić information content (AvgIpc) is 2.34. The zero-order valence-corrected chi connectivity index (χ0v) is 10.2. The standard InChI is InChI=1S/C11H17N5O2/c1-8-6-13-3-2-9(8)14-4-5-15-10(17)7-16-11(12)18/h2-3,6H,4-5,7H2,1H3,(H,13,14)(H,15,17)(H3,12,16,18). The Morgan fingerprint density at radius 2 is 2.11 bits per heavy atom. The number of nitrogens with zero attached hydrogens (tertiary/aromatic N) is 1.